The van der Waals surface area contributed by atoms with E-state index in [2.05, 4.69) is 10.6 Å². The molecule has 0 aromatic heterocycles. The summed E-state index contributed by atoms with van der Waals surface area (Å²) >= 11 is 0. The van der Waals surface area contributed by atoms with Crippen LogP contribution in [0.5, 0.6) is 5.75 Å². The van der Waals surface area contributed by atoms with Crippen molar-refractivity contribution in [1.29, 1.82) is 0 Å². The minimum atomic E-state index is -4.53. The summed E-state index contributed by atoms with van der Waals surface area (Å²) < 4.78 is 54.9. The molecule has 7 heteroatoms. The van der Waals surface area contributed by atoms with Crippen LogP contribution in [0.4, 0.5) is 13.2 Å². The third-order valence-electron chi connectivity index (χ3n) is 6.49. The number of piperidine rings is 1. The van der Waals surface area contributed by atoms with E-state index in [1.165, 1.54) is 14.0 Å². The Morgan fingerprint density at radius 2 is 1.90 bits per heavy atom. The molecule has 2 aliphatic rings. The number of hydrogen-bond acceptors (Lipinski definition) is 4. The minimum Gasteiger partial charge on any atom is -0.496 e. The fourth-order valence-electron chi connectivity index (χ4n) is 4.70. The molecule has 31 heavy (non-hydrogen) atoms. The molecule has 2 aliphatic heterocycles. The Morgan fingerprint density at radius 1 is 1.13 bits per heavy atom. The minimum absolute atomic E-state index is 0.101. The van der Waals surface area contributed by atoms with Crippen molar-refractivity contribution in [2.75, 3.05) is 20.3 Å². The fourth-order valence-corrected chi connectivity index (χ4v) is 4.70. The van der Waals surface area contributed by atoms with Crippen LogP contribution in [0.1, 0.15) is 48.1 Å². The first-order chi connectivity index (χ1) is 14.8. The van der Waals surface area contributed by atoms with E-state index in [1.807, 2.05) is 30.3 Å². The molecule has 2 heterocycles. The standard InChI is InChI=1S/C24H29F3N2O2/c1-23(24(25,26)27,19-13-18-15-31-12-10-17(18)14-21(19)30-2)29-20-9-6-11-28-22(20)16-7-4-3-5-8-16/h3-5,7-8,13-14,20,22,28-29H,6,9-12,15H2,1-2H3/t20?,22?,23-/m1/s1. The molecule has 0 saturated carbocycles. The largest absolute Gasteiger partial charge is 0.496 e. The summed E-state index contributed by atoms with van der Waals surface area (Å²) in [6, 6.07) is 12.4. The predicted molar refractivity (Wildman–Crippen MR) is 113 cm³/mol. The van der Waals surface area contributed by atoms with Crippen LogP contribution in [-0.2, 0) is 23.3 Å². The lowest BCUT2D eigenvalue weighted by Gasteiger charge is -2.43. The molecule has 1 fully saturated rings. The lowest BCUT2D eigenvalue weighted by atomic mass is 9.83. The van der Waals surface area contributed by atoms with Gasteiger partial charge in [-0.15, -0.1) is 0 Å². The van der Waals surface area contributed by atoms with Gasteiger partial charge >= 0.3 is 6.18 Å². The summed E-state index contributed by atoms with van der Waals surface area (Å²) in [5.41, 5.74) is 0.583. The van der Waals surface area contributed by atoms with E-state index in [1.54, 1.807) is 12.1 Å². The van der Waals surface area contributed by atoms with Crippen molar-refractivity contribution in [2.24, 2.45) is 0 Å². The summed E-state index contributed by atoms with van der Waals surface area (Å²) in [6.45, 7) is 2.88. The summed E-state index contributed by atoms with van der Waals surface area (Å²) in [6.07, 6.45) is -2.40. The number of halogens is 3. The summed E-state index contributed by atoms with van der Waals surface area (Å²) in [5.74, 6) is 0.257. The number of rotatable bonds is 5. The Bertz CT molecular complexity index is 904. The van der Waals surface area contributed by atoms with Gasteiger partial charge in [0.1, 0.15) is 11.3 Å². The molecule has 2 N–H and O–H groups in total. The summed E-state index contributed by atoms with van der Waals surface area (Å²) in [7, 11) is 1.43. The Morgan fingerprint density at radius 3 is 2.61 bits per heavy atom. The Kier molecular flexibility index (Phi) is 6.28. The number of methoxy groups -OCH3 is 1. The van der Waals surface area contributed by atoms with Crippen LogP contribution in [0.3, 0.4) is 0 Å². The van der Waals surface area contributed by atoms with Crippen molar-refractivity contribution in [2.45, 2.75) is 56.6 Å². The normalized spacial score (nSPS) is 23.6. The van der Waals surface area contributed by atoms with Gasteiger partial charge in [-0.25, -0.2) is 0 Å². The highest BCUT2D eigenvalue weighted by molar-refractivity contribution is 5.48. The molecule has 0 aliphatic carbocycles. The molecule has 168 valence electrons. The number of ether oxygens (including phenoxy) is 2. The lowest BCUT2D eigenvalue weighted by molar-refractivity contribution is -0.199. The molecule has 4 rings (SSSR count). The Hall–Kier alpha value is -2.09. The maximum atomic E-state index is 14.7. The number of fused-ring (bicyclic) bond motifs is 1. The zero-order valence-corrected chi connectivity index (χ0v) is 17.9. The van der Waals surface area contributed by atoms with Gasteiger partial charge < -0.3 is 14.8 Å². The fraction of sp³-hybridized carbons (Fsp3) is 0.500. The van der Waals surface area contributed by atoms with E-state index in [0.717, 1.165) is 29.7 Å². The second kappa shape index (κ2) is 8.81. The first-order valence-electron chi connectivity index (χ1n) is 10.7. The maximum Gasteiger partial charge on any atom is 0.410 e. The first kappa shape index (κ1) is 22.1. The number of nitrogens with one attached hydrogen (secondary N) is 2. The third kappa shape index (κ3) is 4.31. The van der Waals surface area contributed by atoms with E-state index in [9.17, 15) is 13.2 Å². The van der Waals surface area contributed by atoms with Gasteiger partial charge in [-0.05, 0) is 61.6 Å². The number of benzene rings is 2. The molecule has 0 radical (unpaired) electrons. The zero-order chi connectivity index (χ0) is 22.1. The van der Waals surface area contributed by atoms with Crippen LogP contribution in [0.25, 0.3) is 0 Å². The van der Waals surface area contributed by atoms with Gasteiger partial charge in [0.05, 0.1) is 20.3 Å². The molecular weight excluding hydrogens is 405 g/mol. The van der Waals surface area contributed by atoms with Crippen molar-refractivity contribution in [3.05, 3.63) is 64.7 Å². The average Bonchev–Trinajstić information content (AvgIpc) is 2.78. The lowest BCUT2D eigenvalue weighted by Crippen LogP contribution is -2.59. The SMILES string of the molecule is COc1cc2c(cc1[C@@](C)(NC1CCCNC1c1ccccc1)C(F)(F)F)COCC2. The van der Waals surface area contributed by atoms with Gasteiger partial charge in [-0.3, -0.25) is 5.32 Å². The molecule has 3 atom stereocenters. The van der Waals surface area contributed by atoms with Crippen molar-refractivity contribution in [1.82, 2.24) is 10.6 Å². The molecule has 2 aromatic carbocycles. The van der Waals surface area contributed by atoms with Crippen molar-refractivity contribution < 1.29 is 22.6 Å². The van der Waals surface area contributed by atoms with Gasteiger partial charge in [-0.2, -0.15) is 13.2 Å². The van der Waals surface area contributed by atoms with Crippen LogP contribution in [0.15, 0.2) is 42.5 Å². The van der Waals surface area contributed by atoms with Crippen molar-refractivity contribution >= 4 is 0 Å². The second-order valence-corrected chi connectivity index (χ2v) is 8.48. The second-order valence-electron chi connectivity index (χ2n) is 8.48. The van der Waals surface area contributed by atoms with Gasteiger partial charge in [0.15, 0.2) is 0 Å². The van der Waals surface area contributed by atoms with Crippen LogP contribution < -0.4 is 15.4 Å². The van der Waals surface area contributed by atoms with Crippen molar-refractivity contribution in [3.63, 3.8) is 0 Å². The van der Waals surface area contributed by atoms with Gasteiger partial charge in [0.2, 0.25) is 0 Å². The number of alkyl halides is 3. The van der Waals surface area contributed by atoms with Gasteiger partial charge in [0.25, 0.3) is 0 Å². The highest BCUT2D eigenvalue weighted by Gasteiger charge is 2.55. The summed E-state index contributed by atoms with van der Waals surface area (Å²) in [5, 5.41) is 6.42. The molecule has 0 spiro atoms. The quantitative estimate of drug-likeness (QED) is 0.720. The number of hydrogen-bond donors (Lipinski definition) is 2. The average molecular weight is 435 g/mol. The van der Waals surface area contributed by atoms with E-state index in [4.69, 9.17) is 9.47 Å². The van der Waals surface area contributed by atoms with Crippen LogP contribution in [0, 0.1) is 0 Å². The molecule has 2 aromatic rings. The van der Waals surface area contributed by atoms with Crippen LogP contribution >= 0.6 is 0 Å². The molecule has 4 nitrogen and oxygen atoms in total. The molecule has 0 amide bonds. The van der Waals surface area contributed by atoms with E-state index >= 15 is 0 Å². The summed E-state index contributed by atoms with van der Waals surface area (Å²) in [4.78, 5) is 0. The third-order valence-corrected chi connectivity index (χ3v) is 6.49. The van der Waals surface area contributed by atoms with E-state index in [0.29, 0.717) is 26.1 Å². The zero-order valence-electron chi connectivity index (χ0n) is 17.9. The van der Waals surface area contributed by atoms with Crippen LogP contribution in [-0.4, -0.2) is 32.5 Å². The smallest absolute Gasteiger partial charge is 0.410 e. The highest BCUT2D eigenvalue weighted by Crippen LogP contribution is 2.45. The molecular formula is C24H29F3N2O2. The predicted octanol–water partition coefficient (Wildman–Crippen LogP) is 4.63. The van der Waals surface area contributed by atoms with Crippen molar-refractivity contribution in [3.8, 4) is 5.75 Å². The Labute approximate surface area is 181 Å². The monoisotopic (exact) mass is 434 g/mol. The maximum absolute atomic E-state index is 14.7. The first-order valence-corrected chi connectivity index (χ1v) is 10.7. The Balaban J connectivity index is 1.75. The van der Waals surface area contributed by atoms with Crippen LogP contribution in [0.2, 0.25) is 0 Å². The highest BCUT2D eigenvalue weighted by atomic mass is 19.4. The topological polar surface area (TPSA) is 42.5 Å². The molecule has 1 saturated heterocycles. The van der Waals surface area contributed by atoms with E-state index < -0.39 is 11.7 Å². The van der Waals surface area contributed by atoms with Gasteiger partial charge in [0, 0.05) is 17.6 Å². The van der Waals surface area contributed by atoms with Gasteiger partial charge in [-0.1, -0.05) is 30.3 Å². The van der Waals surface area contributed by atoms with E-state index in [-0.39, 0.29) is 23.4 Å². The molecule has 0 bridgehead atoms. The molecule has 2 unspecified atom stereocenters.